The van der Waals surface area contributed by atoms with Crippen LogP contribution in [0.5, 0.6) is 0 Å². The zero-order valence-corrected chi connectivity index (χ0v) is 7.91. The molecule has 14 heavy (non-hydrogen) atoms. The molecule has 7 heteroatoms. The van der Waals surface area contributed by atoms with Crippen LogP contribution in [0.4, 0.5) is 5.95 Å². The maximum absolute atomic E-state index is 8.60. The molecule has 74 valence electrons. The van der Waals surface area contributed by atoms with Gasteiger partial charge in [0.25, 0.3) is 0 Å². The van der Waals surface area contributed by atoms with E-state index in [0.717, 1.165) is 0 Å². The number of aromatic amines is 1. The van der Waals surface area contributed by atoms with E-state index in [2.05, 4.69) is 25.3 Å². The van der Waals surface area contributed by atoms with Crippen molar-refractivity contribution in [2.45, 2.75) is 0 Å². The molecular formula is C7H8ClN5O. The molecule has 0 bridgehead atoms. The Morgan fingerprint density at radius 3 is 3.07 bits per heavy atom. The van der Waals surface area contributed by atoms with E-state index in [0.29, 0.717) is 28.8 Å². The predicted octanol–water partition coefficient (Wildman–Crippen LogP) is 0.410. The van der Waals surface area contributed by atoms with Crippen LogP contribution in [0.3, 0.4) is 0 Å². The van der Waals surface area contributed by atoms with Crippen molar-refractivity contribution in [3.8, 4) is 0 Å². The van der Waals surface area contributed by atoms with Crippen LogP contribution in [0.25, 0.3) is 11.2 Å². The molecule has 0 fully saturated rings. The van der Waals surface area contributed by atoms with Gasteiger partial charge in [0.1, 0.15) is 11.8 Å². The molecule has 0 saturated heterocycles. The molecule has 2 heterocycles. The van der Waals surface area contributed by atoms with Crippen LogP contribution in [0.2, 0.25) is 5.15 Å². The van der Waals surface area contributed by atoms with Gasteiger partial charge in [-0.2, -0.15) is 4.98 Å². The molecule has 0 aromatic carbocycles. The number of imidazole rings is 1. The average Bonchev–Trinajstić information content (AvgIpc) is 2.59. The van der Waals surface area contributed by atoms with Crippen LogP contribution in [-0.4, -0.2) is 38.2 Å². The SMILES string of the molecule is OCCNc1nc2ncnc(Cl)c2[nH]1. The lowest BCUT2D eigenvalue weighted by Crippen LogP contribution is -2.06. The highest BCUT2D eigenvalue weighted by Gasteiger charge is 2.06. The van der Waals surface area contributed by atoms with Crippen LogP contribution in [-0.2, 0) is 0 Å². The van der Waals surface area contributed by atoms with Gasteiger partial charge in [0.15, 0.2) is 10.8 Å². The van der Waals surface area contributed by atoms with Crippen molar-refractivity contribution >= 4 is 28.7 Å². The van der Waals surface area contributed by atoms with Crippen LogP contribution < -0.4 is 5.32 Å². The molecule has 2 rings (SSSR count). The van der Waals surface area contributed by atoms with E-state index in [-0.39, 0.29) is 6.61 Å². The van der Waals surface area contributed by atoms with E-state index in [1.807, 2.05) is 0 Å². The third-order valence-electron chi connectivity index (χ3n) is 1.65. The Morgan fingerprint density at radius 1 is 1.50 bits per heavy atom. The number of hydrogen-bond donors (Lipinski definition) is 3. The number of nitrogens with one attached hydrogen (secondary N) is 2. The third-order valence-corrected chi connectivity index (χ3v) is 1.93. The van der Waals surface area contributed by atoms with Crippen LogP contribution in [0.15, 0.2) is 6.33 Å². The summed E-state index contributed by atoms with van der Waals surface area (Å²) >= 11 is 5.80. The highest BCUT2D eigenvalue weighted by molar-refractivity contribution is 6.33. The van der Waals surface area contributed by atoms with E-state index in [9.17, 15) is 0 Å². The minimum absolute atomic E-state index is 0.0382. The highest BCUT2D eigenvalue weighted by Crippen LogP contribution is 2.17. The summed E-state index contributed by atoms with van der Waals surface area (Å²) in [7, 11) is 0. The Kier molecular flexibility index (Phi) is 2.47. The number of anilines is 1. The fourth-order valence-corrected chi connectivity index (χ4v) is 1.23. The number of fused-ring (bicyclic) bond motifs is 1. The molecule has 0 spiro atoms. The minimum atomic E-state index is 0.0382. The van der Waals surface area contributed by atoms with Gasteiger partial charge in [0.05, 0.1) is 6.61 Å². The topological polar surface area (TPSA) is 86.7 Å². The molecular weight excluding hydrogens is 206 g/mol. The van der Waals surface area contributed by atoms with E-state index in [4.69, 9.17) is 16.7 Å². The monoisotopic (exact) mass is 213 g/mol. The maximum Gasteiger partial charge on any atom is 0.202 e. The molecule has 0 unspecified atom stereocenters. The second-order valence-corrected chi connectivity index (χ2v) is 2.96. The van der Waals surface area contributed by atoms with Gasteiger partial charge >= 0.3 is 0 Å². The maximum atomic E-state index is 8.60. The van der Waals surface area contributed by atoms with Crippen LogP contribution in [0.1, 0.15) is 0 Å². The largest absolute Gasteiger partial charge is 0.395 e. The second kappa shape index (κ2) is 3.77. The molecule has 2 aromatic rings. The Morgan fingerprint density at radius 2 is 2.36 bits per heavy atom. The molecule has 0 aliphatic heterocycles. The second-order valence-electron chi connectivity index (χ2n) is 2.60. The summed E-state index contributed by atoms with van der Waals surface area (Å²) in [5.74, 6) is 0.524. The lowest BCUT2D eigenvalue weighted by molar-refractivity contribution is 0.311. The number of hydrogen-bond acceptors (Lipinski definition) is 5. The standard InChI is InChI=1S/C7H8ClN5O/c8-5-4-6(11-3-10-5)13-7(12-4)9-1-2-14/h3,14H,1-2H2,(H2,9,10,11,12,13). The van der Waals surface area contributed by atoms with Crippen molar-refractivity contribution in [3.63, 3.8) is 0 Å². The van der Waals surface area contributed by atoms with Crippen LogP contribution >= 0.6 is 11.6 Å². The molecule has 0 atom stereocenters. The summed E-state index contributed by atoms with van der Waals surface area (Å²) in [6, 6.07) is 0. The molecule has 6 nitrogen and oxygen atoms in total. The first kappa shape index (κ1) is 9.17. The number of halogens is 1. The summed E-state index contributed by atoms with van der Waals surface area (Å²) in [6.45, 7) is 0.460. The molecule has 0 aliphatic rings. The highest BCUT2D eigenvalue weighted by atomic mass is 35.5. The Bertz CT molecular complexity index is 443. The Hall–Kier alpha value is -1.40. The van der Waals surface area contributed by atoms with Crippen molar-refractivity contribution < 1.29 is 5.11 Å². The van der Waals surface area contributed by atoms with Gasteiger partial charge in [0.2, 0.25) is 5.95 Å². The van der Waals surface area contributed by atoms with Gasteiger partial charge in [-0.1, -0.05) is 11.6 Å². The first-order chi connectivity index (χ1) is 6.81. The molecule has 0 saturated carbocycles. The van der Waals surface area contributed by atoms with Gasteiger partial charge in [-0.15, -0.1) is 0 Å². The van der Waals surface area contributed by atoms with E-state index in [1.54, 1.807) is 0 Å². The van der Waals surface area contributed by atoms with E-state index in [1.165, 1.54) is 6.33 Å². The number of H-pyrrole nitrogens is 1. The van der Waals surface area contributed by atoms with Gasteiger partial charge in [-0.3, -0.25) is 0 Å². The summed E-state index contributed by atoms with van der Waals surface area (Å²) in [4.78, 5) is 14.7. The van der Waals surface area contributed by atoms with Crippen molar-refractivity contribution in [3.05, 3.63) is 11.5 Å². The number of aliphatic hydroxyl groups is 1. The minimum Gasteiger partial charge on any atom is -0.395 e. The van der Waals surface area contributed by atoms with E-state index >= 15 is 0 Å². The summed E-state index contributed by atoms with van der Waals surface area (Å²) < 4.78 is 0. The fourth-order valence-electron chi connectivity index (χ4n) is 1.06. The van der Waals surface area contributed by atoms with Crippen molar-refractivity contribution in [2.75, 3.05) is 18.5 Å². The molecule has 3 N–H and O–H groups in total. The lowest BCUT2D eigenvalue weighted by Gasteiger charge is -1.96. The smallest absolute Gasteiger partial charge is 0.202 e. The normalized spacial score (nSPS) is 10.7. The first-order valence-electron chi connectivity index (χ1n) is 4.02. The molecule has 0 radical (unpaired) electrons. The Labute approximate surface area is 84.4 Å². The Balaban J connectivity index is 2.36. The zero-order chi connectivity index (χ0) is 9.97. The quantitative estimate of drug-likeness (QED) is 0.643. The van der Waals surface area contributed by atoms with Crippen molar-refractivity contribution in [1.82, 2.24) is 19.9 Å². The number of aromatic nitrogens is 4. The van der Waals surface area contributed by atoms with Crippen molar-refractivity contribution in [2.24, 2.45) is 0 Å². The molecule has 0 amide bonds. The van der Waals surface area contributed by atoms with Gasteiger partial charge in [-0.25, -0.2) is 9.97 Å². The van der Waals surface area contributed by atoms with Gasteiger partial charge < -0.3 is 15.4 Å². The summed E-state index contributed by atoms with van der Waals surface area (Å²) in [5.41, 5.74) is 1.10. The molecule has 2 aromatic heterocycles. The van der Waals surface area contributed by atoms with Gasteiger partial charge in [0, 0.05) is 6.54 Å². The number of rotatable bonds is 3. The van der Waals surface area contributed by atoms with Gasteiger partial charge in [-0.05, 0) is 0 Å². The third kappa shape index (κ3) is 1.61. The van der Waals surface area contributed by atoms with E-state index < -0.39 is 0 Å². The van der Waals surface area contributed by atoms with Crippen LogP contribution in [0, 0.1) is 0 Å². The summed E-state index contributed by atoms with van der Waals surface area (Å²) in [5, 5.41) is 11.8. The first-order valence-corrected chi connectivity index (χ1v) is 4.40. The van der Waals surface area contributed by atoms with Crippen molar-refractivity contribution in [1.29, 1.82) is 0 Å². The number of nitrogens with zero attached hydrogens (tertiary/aromatic N) is 3. The lowest BCUT2D eigenvalue weighted by atomic mass is 10.6. The summed E-state index contributed by atoms with van der Waals surface area (Å²) in [6.07, 6.45) is 1.35. The predicted molar refractivity (Wildman–Crippen MR) is 52.3 cm³/mol. The average molecular weight is 214 g/mol. The zero-order valence-electron chi connectivity index (χ0n) is 7.16. The fraction of sp³-hybridized carbons (Fsp3) is 0.286. The number of aliphatic hydroxyl groups excluding tert-OH is 1. The molecule has 0 aliphatic carbocycles.